The van der Waals surface area contributed by atoms with Crippen LogP contribution in [0.4, 0.5) is 4.39 Å². The molecule has 0 aliphatic carbocycles. The first kappa shape index (κ1) is 9.09. The molecule has 16 heavy (non-hydrogen) atoms. The molecule has 3 heteroatoms. The lowest BCUT2D eigenvalue weighted by molar-refractivity contribution is 0.628. The van der Waals surface area contributed by atoms with E-state index in [1.54, 1.807) is 22.8 Å². The van der Waals surface area contributed by atoms with Crippen molar-refractivity contribution in [2.24, 2.45) is 0 Å². The van der Waals surface area contributed by atoms with Gasteiger partial charge in [-0.2, -0.15) is 5.10 Å². The zero-order valence-corrected chi connectivity index (χ0v) is 8.47. The largest absolute Gasteiger partial charge is 0.240 e. The van der Waals surface area contributed by atoms with E-state index in [0.29, 0.717) is 0 Å². The lowest BCUT2D eigenvalue weighted by Gasteiger charge is -2.02. The Kier molecular flexibility index (Phi) is 1.96. The molecular weight excluding hydrogens is 203 g/mol. The van der Waals surface area contributed by atoms with E-state index in [9.17, 15) is 4.39 Å². The van der Waals surface area contributed by atoms with Gasteiger partial charge in [0.15, 0.2) is 0 Å². The van der Waals surface area contributed by atoms with Gasteiger partial charge in [0.1, 0.15) is 5.82 Å². The number of pyridine rings is 1. The number of rotatable bonds is 1. The van der Waals surface area contributed by atoms with Crippen LogP contribution < -0.4 is 0 Å². The third-order valence-corrected chi connectivity index (χ3v) is 2.57. The number of nitrogens with zero attached hydrogens (tertiary/aromatic N) is 2. The first-order valence-corrected chi connectivity index (χ1v) is 5.02. The minimum atomic E-state index is -0.219. The molecule has 0 N–H and O–H groups in total. The van der Waals surface area contributed by atoms with Crippen LogP contribution in [0.25, 0.3) is 16.6 Å². The summed E-state index contributed by atoms with van der Waals surface area (Å²) in [6.45, 7) is 0. The average molecular weight is 212 g/mol. The van der Waals surface area contributed by atoms with Crippen molar-refractivity contribution in [3.05, 3.63) is 60.7 Å². The maximum absolute atomic E-state index is 12.8. The van der Waals surface area contributed by atoms with E-state index in [4.69, 9.17) is 0 Å². The molecule has 2 aromatic heterocycles. The minimum absolute atomic E-state index is 0.219. The summed E-state index contributed by atoms with van der Waals surface area (Å²) in [6.07, 6.45) is 3.69. The molecule has 1 aromatic carbocycles. The van der Waals surface area contributed by atoms with Gasteiger partial charge in [0, 0.05) is 18.0 Å². The Labute approximate surface area is 92.0 Å². The monoisotopic (exact) mass is 212 g/mol. The molecule has 0 atom stereocenters. The van der Waals surface area contributed by atoms with E-state index in [2.05, 4.69) is 5.10 Å². The van der Waals surface area contributed by atoms with Crippen molar-refractivity contribution in [2.75, 3.05) is 0 Å². The Bertz CT molecular complexity index is 626. The van der Waals surface area contributed by atoms with Gasteiger partial charge in [0.05, 0.1) is 5.52 Å². The van der Waals surface area contributed by atoms with Crippen molar-refractivity contribution in [3.63, 3.8) is 0 Å². The van der Waals surface area contributed by atoms with Gasteiger partial charge in [-0.15, -0.1) is 0 Å². The SMILES string of the molecule is Fc1ccc(-c2ccc3ccnn3c2)cc1. The van der Waals surface area contributed by atoms with Crippen LogP contribution in [-0.4, -0.2) is 9.61 Å². The summed E-state index contributed by atoms with van der Waals surface area (Å²) >= 11 is 0. The van der Waals surface area contributed by atoms with E-state index in [1.807, 2.05) is 24.4 Å². The van der Waals surface area contributed by atoms with Crippen LogP contribution in [0.1, 0.15) is 0 Å². The van der Waals surface area contributed by atoms with Crippen molar-refractivity contribution < 1.29 is 4.39 Å². The van der Waals surface area contributed by atoms with Crippen LogP contribution >= 0.6 is 0 Å². The minimum Gasteiger partial charge on any atom is -0.240 e. The Balaban J connectivity index is 2.14. The molecule has 2 nitrogen and oxygen atoms in total. The summed E-state index contributed by atoms with van der Waals surface area (Å²) in [5.74, 6) is -0.219. The lowest BCUT2D eigenvalue weighted by atomic mass is 10.1. The predicted molar refractivity (Wildman–Crippen MR) is 60.6 cm³/mol. The topological polar surface area (TPSA) is 17.3 Å². The molecule has 0 saturated heterocycles. The number of fused-ring (bicyclic) bond motifs is 1. The molecule has 0 spiro atoms. The third-order valence-electron chi connectivity index (χ3n) is 2.57. The molecule has 3 aromatic rings. The van der Waals surface area contributed by atoms with Crippen molar-refractivity contribution >= 4 is 5.52 Å². The fourth-order valence-electron chi connectivity index (χ4n) is 1.73. The molecule has 3 rings (SSSR count). The van der Waals surface area contributed by atoms with Gasteiger partial charge in [-0.25, -0.2) is 8.91 Å². The molecule has 0 amide bonds. The van der Waals surface area contributed by atoms with E-state index < -0.39 is 0 Å². The Morgan fingerprint density at radius 3 is 2.44 bits per heavy atom. The number of hydrogen-bond donors (Lipinski definition) is 0. The summed E-state index contributed by atoms with van der Waals surface area (Å²) in [4.78, 5) is 0. The summed E-state index contributed by atoms with van der Waals surface area (Å²) in [6, 6.07) is 12.4. The number of aromatic nitrogens is 2. The number of hydrogen-bond acceptors (Lipinski definition) is 1. The summed E-state index contributed by atoms with van der Waals surface area (Å²) in [5.41, 5.74) is 3.06. The van der Waals surface area contributed by atoms with E-state index in [1.165, 1.54) is 12.1 Å². The highest BCUT2D eigenvalue weighted by atomic mass is 19.1. The molecule has 2 heterocycles. The fraction of sp³-hybridized carbons (Fsp3) is 0. The van der Waals surface area contributed by atoms with Crippen molar-refractivity contribution in [3.8, 4) is 11.1 Å². The highest BCUT2D eigenvalue weighted by Gasteiger charge is 2.00. The van der Waals surface area contributed by atoms with Crippen LogP contribution in [0.15, 0.2) is 54.9 Å². The molecule has 0 aliphatic heterocycles. The highest BCUT2D eigenvalue weighted by molar-refractivity contribution is 5.65. The lowest BCUT2D eigenvalue weighted by Crippen LogP contribution is -1.87. The highest BCUT2D eigenvalue weighted by Crippen LogP contribution is 2.19. The Morgan fingerprint density at radius 1 is 0.875 bits per heavy atom. The number of benzene rings is 1. The van der Waals surface area contributed by atoms with Gasteiger partial charge in [-0.1, -0.05) is 18.2 Å². The molecule has 0 aliphatic rings. The summed E-state index contributed by atoms with van der Waals surface area (Å²) < 4.78 is 14.6. The van der Waals surface area contributed by atoms with Crippen LogP contribution in [0, 0.1) is 5.82 Å². The van der Waals surface area contributed by atoms with Crippen LogP contribution in [0.5, 0.6) is 0 Å². The second kappa shape index (κ2) is 3.45. The molecular formula is C13H9FN2. The van der Waals surface area contributed by atoms with Crippen molar-refractivity contribution in [1.29, 1.82) is 0 Å². The third kappa shape index (κ3) is 1.46. The second-order valence-corrected chi connectivity index (χ2v) is 3.63. The first-order chi connectivity index (χ1) is 7.83. The summed E-state index contributed by atoms with van der Waals surface area (Å²) in [7, 11) is 0. The van der Waals surface area contributed by atoms with Gasteiger partial charge >= 0.3 is 0 Å². The smallest absolute Gasteiger partial charge is 0.123 e. The first-order valence-electron chi connectivity index (χ1n) is 5.02. The maximum atomic E-state index is 12.8. The molecule has 0 saturated carbocycles. The zero-order chi connectivity index (χ0) is 11.0. The maximum Gasteiger partial charge on any atom is 0.123 e. The van der Waals surface area contributed by atoms with E-state index in [-0.39, 0.29) is 5.82 Å². The van der Waals surface area contributed by atoms with Crippen molar-refractivity contribution in [1.82, 2.24) is 9.61 Å². The molecule has 0 fully saturated rings. The van der Waals surface area contributed by atoms with Gasteiger partial charge in [0.25, 0.3) is 0 Å². The average Bonchev–Trinajstić information content (AvgIpc) is 2.77. The van der Waals surface area contributed by atoms with Gasteiger partial charge in [-0.3, -0.25) is 0 Å². The molecule has 0 radical (unpaired) electrons. The van der Waals surface area contributed by atoms with Gasteiger partial charge in [-0.05, 0) is 29.8 Å². The zero-order valence-electron chi connectivity index (χ0n) is 8.47. The second-order valence-electron chi connectivity index (χ2n) is 3.63. The van der Waals surface area contributed by atoms with Crippen LogP contribution in [-0.2, 0) is 0 Å². The summed E-state index contributed by atoms with van der Waals surface area (Å²) in [5, 5.41) is 4.17. The molecule has 0 unspecified atom stereocenters. The quantitative estimate of drug-likeness (QED) is 0.605. The fourth-order valence-corrected chi connectivity index (χ4v) is 1.73. The predicted octanol–water partition coefficient (Wildman–Crippen LogP) is 3.14. The standard InChI is InChI=1S/C13H9FN2/c14-12-4-1-10(2-5-12)11-3-6-13-7-8-15-16(13)9-11/h1-9H. The van der Waals surface area contributed by atoms with E-state index in [0.717, 1.165) is 16.6 Å². The normalized spacial score (nSPS) is 10.8. The number of halogens is 1. The van der Waals surface area contributed by atoms with Crippen molar-refractivity contribution in [2.45, 2.75) is 0 Å². The van der Waals surface area contributed by atoms with Crippen LogP contribution in [0.3, 0.4) is 0 Å². The molecule has 78 valence electrons. The van der Waals surface area contributed by atoms with Gasteiger partial charge in [0.2, 0.25) is 0 Å². The molecule has 0 bridgehead atoms. The Morgan fingerprint density at radius 2 is 1.62 bits per heavy atom. The van der Waals surface area contributed by atoms with E-state index >= 15 is 0 Å². The Hall–Kier alpha value is -2.16. The van der Waals surface area contributed by atoms with Crippen LogP contribution in [0.2, 0.25) is 0 Å². The van der Waals surface area contributed by atoms with Gasteiger partial charge < -0.3 is 0 Å².